The summed E-state index contributed by atoms with van der Waals surface area (Å²) in [5.74, 6) is 0.573. The molecule has 0 radical (unpaired) electrons. The van der Waals surface area contributed by atoms with E-state index in [1.54, 1.807) is 19.1 Å². The summed E-state index contributed by atoms with van der Waals surface area (Å²) >= 11 is 0. The number of carbonyl (C=O) groups is 2. The molecule has 0 saturated carbocycles. The highest BCUT2D eigenvalue weighted by Crippen LogP contribution is 2.20. The molecule has 2 aromatic carbocycles. The molecule has 0 bridgehead atoms. The van der Waals surface area contributed by atoms with Gasteiger partial charge in [0, 0.05) is 38.4 Å². The van der Waals surface area contributed by atoms with Gasteiger partial charge in [-0.1, -0.05) is 12.1 Å². The lowest BCUT2D eigenvalue weighted by Gasteiger charge is -2.35. The Balaban J connectivity index is 1.43. The van der Waals surface area contributed by atoms with Crippen molar-refractivity contribution in [2.75, 3.05) is 51.8 Å². The van der Waals surface area contributed by atoms with Crippen molar-refractivity contribution in [1.29, 1.82) is 0 Å². The summed E-state index contributed by atoms with van der Waals surface area (Å²) in [5, 5.41) is 2.72. The molecule has 0 unspecified atom stereocenters. The van der Waals surface area contributed by atoms with Gasteiger partial charge < -0.3 is 24.6 Å². The molecule has 2 amide bonds. The first-order chi connectivity index (χ1) is 14.1. The smallest absolute Gasteiger partial charge is 0.312 e. The third kappa shape index (κ3) is 5.40. The number of anilines is 1. The third-order valence-electron chi connectivity index (χ3n) is 5.03. The number of rotatable bonds is 6. The summed E-state index contributed by atoms with van der Waals surface area (Å²) < 4.78 is 10.4. The van der Waals surface area contributed by atoms with E-state index in [4.69, 9.17) is 9.47 Å². The van der Waals surface area contributed by atoms with E-state index in [9.17, 15) is 9.59 Å². The number of piperazine rings is 1. The van der Waals surface area contributed by atoms with Crippen LogP contribution in [-0.2, 0) is 16.0 Å². The van der Waals surface area contributed by atoms with Crippen LogP contribution in [0.1, 0.15) is 5.56 Å². The molecule has 7 nitrogen and oxygen atoms in total. The first kappa shape index (κ1) is 20.5. The molecule has 1 aliphatic heterocycles. The molecule has 1 heterocycles. The third-order valence-corrected chi connectivity index (χ3v) is 5.03. The zero-order valence-electron chi connectivity index (χ0n) is 16.9. The Morgan fingerprint density at radius 3 is 2.28 bits per heavy atom. The van der Waals surface area contributed by atoms with Crippen LogP contribution in [0.25, 0.3) is 0 Å². The van der Waals surface area contributed by atoms with Gasteiger partial charge in [-0.3, -0.25) is 9.59 Å². The van der Waals surface area contributed by atoms with Gasteiger partial charge in [0.25, 0.3) is 0 Å². The van der Waals surface area contributed by atoms with E-state index in [2.05, 4.69) is 10.2 Å². The topological polar surface area (TPSA) is 71.1 Å². The Bertz CT molecular complexity index is 830. The van der Waals surface area contributed by atoms with Crippen molar-refractivity contribution in [2.24, 2.45) is 0 Å². The maximum atomic E-state index is 12.4. The number of nitrogens with one attached hydrogen (secondary N) is 1. The number of methoxy groups -OCH3 is 2. The average Bonchev–Trinajstić information content (AvgIpc) is 2.79. The molecule has 29 heavy (non-hydrogen) atoms. The highest BCUT2D eigenvalue weighted by Gasteiger charge is 2.25. The molecule has 154 valence electrons. The van der Waals surface area contributed by atoms with Crippen LogP contribution < -0.4 is 19.7 Å². The number of ether oxygens (including phenoxy) is 2. The molecule has 3 rings (SSSR count). The van der Waals surface area contributed by atoms with Gasteiger partial charge in [-0.15, -0.1) is 0 Å². The number of benzene rings is 2. The van der Waals surface area contributed by atoms with Crippen molar-refractivity contribution in [3.8, 4) is 11.5 Å². The van der Waals surface area contributed by atoms with Crippen LogP contribution in [0.5, 0.6) is 11.5 Å². The second-order valence-corrected chi connectivity index (χ2v) is 6.83. The van der Waals surface area contributed by atoms with E-state index in [0.29, 0.717) is 39.1 Å². The van der Waals surface area contributed by atoms with Crippen molar-refractivity contribution in [1.82, 2.24) is 10.2 Å². The van der Waals surface area contributed by atoms with Gasteiger partial charge in [-0.25, -0.2) is 0 Å². The summed E-state index contributed by atoms with van der Waals surface area (Å²) in [6.07, 6.45) is 0.640. The minimum absolute atomic E-state index is 0.406. The highest BCUT2D eigenvalue weighted by molar-refractivity contribution is 6.35. The fourth-order valence-electron chi connectivity index (χ4n) is 3.33. The Labute approximate surface area is 171 Å². The Morgan fingerprint density at radius 1 is 0.931 bits per heavy atom. The van der Waals surface area contributed by atoms with Gasteiger partial charge >= 0.3 is 11.8 Å². The summed E-state index contributed by atoms with van der Waals surface area (Å²) in [6.45, 7) is 2.83. The zero-order valence-corrected chi connectivity index (χ0v) is 16.9. The predicted molar refractivity (Wildman–Crippen MR) is 111 cm³/mol. The molecule has 1 saturated heterocycles. The fourth-order valence-corrected chi connectivity index (χ4v) is 3.33. The maximum Gasteiger partial charge on any atom is 0.312 e. The normalized spacial score (nSPS) is 13.7. The number of hydrogen-bond acceptors (Lipinski definition) is 5. The molecule has 0 atom stereocenters. The van der Waals surface area contributed by atoms with E-state index < -0.39 is 11.8 Å². The highest BCUT2D eigenvalue weighted by atomic mass is 16.5. The summed E-state index contributed by atoms with van der Waals surface area (Å²) in [4.78, 5) is 28.5. The van der Waals surface area contributed by atoms with Crippen LogP contribution in [0.3, 0.4) is 0 Å². The summed E-state index contributed by atoms with van der Waals surface area (Å²) in [6, 6.07) is 15.5. The molecule has 2 aromatic rings. The van der Waals surface area contributed by atoms with Gasteiger partial charge in [0.05, 0.1) is 14.2 Å². The van der Waals surface area contributed by atoms with Gasteiger partial charge in [-0.05, 0) is 48.4 Å². The maximum absolute atomic E-state index is 12.4. The van der Waals surface area contributed by atoms with Crippen molar-refractivity contribution in [3.05, 3.63) is 54.1 Å². The molecule has 1 N–H and O–H groups in total. The van der Waals surface area contributed by atoms with Crippen molar-refractivity contribution in [3.63, 3.8) is 0 Å². The van der Waals surface area contributed by atoms with E-state index in [1.807, 2.05) is 48.5 Å². The molecule has 1 aliphatic rings. The van der Waals surface area contributed by atoms with Crippen LogP contribution in [0, 0.1) is 0 Å². The lowest BCUT2D eigenvalue weighted by molar-refractivity contribution is -0.146. The second-order valence-electron chi connectivity index (χ2n) is 6.83. The van der Waals surface area contributed by atoms with Gasteiger partial charge in [-0.2, -0.15) is 0 Å². The molecule has 0 spiro atoms. The summed E-state index contributed by atoms with van der Waals surface area (Å²) in [7, 11) is 3.26. The molecular formula is C22H27N3O4. The minimum Gasteiger partial charge on any atom is -0.497 e. The lowest BCUT2D eigenvalue weighted by atomic mass is 10.1. The van der Waals surface area contributed by atoms with E-state index in [-0.39, 0.29) is 0 Å². The largest absolute Gasteiger partial charge is 0.497 e. The van der Waals surface area contributed by atoms with Gasteiger partial charge in [0.15, 0.2) is 0 Å². The predicted octanol–water partition coefficient (Wildman–Crippen LogP) is 1.71. The lowest BCUT2D eigenvalue weighted by Crippen LogP contribution is -2.52. The molecular weight excluding hydrogens is 370 g/mol. The standard InChI is InChI=1S/C22H27N3O4/c1-28-19-8-6-18(7-9-19)24-12-14-25(15-13-24)22(27)21(26)23-11-10-17-4-3-5-20(16-17)29-2/h3-9,16H,10-15H2,1-2H3,(H,23,26). The van der Waals surface area contributed by atoms with Crippen molar-refractivity contribution >= 4 is 17.5 Å². The molecule has 7 heteroatoms. The molecule has 0 aromatic heterocycles. The van der Waals surface area contributed by atoms with Crippen molar-refractivity contribution < 1.29 is 19.1 Å². The van der Waals surface area contributed by atoms with Crippen LogP contribution in [-0.4, -0.2) is 63.7 Å². The first-order valence-electron chi connectivity index (χ1n) is 9.69. The summed E-state index contributed by atoms with van der Waals surface area (Å²) in [5.41, 5.74) is 2.13. The van der Waals surface area contributed by atoms with Crippen LogP contribution >= 0.6 is 0 Å². The fraction of sp³-hybridized carbons (Fsp3) is 0.364. The quantitative estimate of drug-likeness (QED) is 0.752. The SMILES string of the molecule is COc1ccc(N2CCN(C(=O)C(=O)NCCc3cccc(OC)c3)CC2)cc1. The minimum atomic E-state index is -0.550. The molecule has 0 aliphatic carbocycles. The van der Waals surface area contributed by atoms with Crippen LogP contribution in [0.4, 0.5) is 5.69 Å². The number of nitrogens with zero attached hydrogens (tertiary/aromatic N) is 2. The van der Waals surface area contributed by atoms with E-state index >= 15 is 0 Å². The monoisotopic (exact) mass is 397 g/mol. The van der Waals surface area contributed by atoms with E-state index in [1.165, 1.54) is 0 Å². The van der Waals surface area contributed by atoms with Crippen LogP contribution in [0.2, 0.25) is 0 Å². The second kappa shape index (κ2) is 9.82. The van der Waals surface area contributed by atoms with Gasteiger partial charge in [0.1, 0.15) is 11.5 Å². The number of carbonyl (C=O) groups excluding carboxylic acids is 2. The number of amides is 2. The van der Waals surface area contributed by atoms with Crippen LogP contribution in [0.15, 0.2) is 48.5 Å². The van der Waals surface area contributed by atoms with Gasteiger partial charge in [0.2, 0.25) is 0 Å². The average molecular weight is 397 g/mol. The first-order valence-corrected chi connectivity index (χ1v) is 9.69. The Kier molecular flexibility index (Phi) is 6.94. The number of hydrogen-bond donors (Lipinski definition) is 1. The van der Waals surface area contributed by atoms with Crippen molar-refractivity contribution in [2.45, 2.75) is 6.42 Å². The zero-order chi connectivity index (χ0) is 20.6. The van der Waals surface area contributed by atoms with E-state index in [0.717, 1.165) is 22.7 Å². The molecule has 1 fully saturated rings. The Morgan fingerprint density at radius 2 is 1.62 bits per heavy atom. The Hall–Kier alpha value is -3.22.